The molecule has 0 saturated carbocycles. The van der Waals surface area contributed by atoms with Crippen molar-refractivity contribution in [2.45, 2.75) is 39.3 Å². The summed E-state index contributed by atoms with van der Waals surface area (Å²) in [5, 5.41) is 0. The van der Waals surface area contributed by atoms with Gasteiger partial charge in [0.1, 0.15) is 23.8 Å². The van der Waals surface area contributed by atoms with Crippen LogP contribution < -0.4 is 9.47 Å². The van der Waals surface area contributed by atoms with E-state index in [1.54, 1.807) is 47.4 Å². The van der Waals surface area contributed by atoms with Gasteiger partial charge in [-0.25, -0.2) is 0 Å². The minimum Gasteiger partial charge on any atom is -0.497 e. The largest absolute Gasteiger partial charge is 0.497 e. The SMILES string of the molecule is COc1ccc(C(=O)N(CC(=O)N(CCc2ccccc2)Cc2ccco2)C(C)(C)C)c(OC)c1. The minimum atomic E-state index is -0.604. The van der Waals surface area contributed by atoms with Crippen LogP contribution in [0.2, 0.25) is 0 Å². The first-order chi connectivity index (χ1) is 16.7. The number of benzene rings is 2. The molecule has 3 aromatic rings. The third kappa shape index (κ3) is 6.88. The average molecular weight is 479 g/mol. The third-order valence-corrected chi connectivity index (χ3v) is 5.78. The van der Waals surface area contributed by atoms with Crippen LogP contribution in [0.3, 0.4) is 0 Å². The van der Waals surface area contributed by atoms with Crippen LogP contribution in [0, 0.1) is 0 Å². The Morgan fingerprint density at radius 2 is 1.69 bits per heavy atom. The van der Waals surface area contributed by atoms with E-state index in [0.29, 0.717) is 42.3 Å². The van der Waals surface area contributed by atoms with Gasteiger partial charge < -0.3 is 23.7 Å². The summed E-state index contributed by atoms with van der Waals surface area (Å²) in [7, 11) is 3.06. The Labute approximate surface area is 207 Å². The number of ether oxygens (including phenoxy) is 2. The summed E-state index contributed by atoms with van der Waals surface area (Å²) >= 11 is 0. The molecule has 2 amide bonds. The summed E-state index contributed by atoms with van der Waals surface area (Å²) < 4.78 is 16.2. The Morgan fingerprint density at radius 3 is 2.29 bits per heavy atom. The van der Waals surface area contributed by atoms with Crippen molar-refractivity contribution in [1.82, 2.24) is 9.80 Å². The zero-order chi connectivity index (χ0) is 25.4. The van der Waals surface area contributed by atoms with Gasteiger partial charge >= 0.3 is 0 Å². The zero-order valence-electron chi connectivity index (χ0n) is 21.1. The smallest absolute Gasteiger partial charge is 0.258 e. The van der Waals surface area contributed by atoms with Crippen molar-refractivity contribution in [3.05, 3.63) is 83.8 Å². The van der Waals surface area contributed by atoms with Crippen molar-refractivity contribution in [2.24, 2.45) is 0 Å². The molecule has 0 bridgehead atoms. The van der Waals surface area contributed by atoms with Crippen molar-refractivity contribution in [1.29, 1.82) is 0 Å². The van der Waals surface area contributed by atoms with Gasteiger partial charge in [0.15, 0.2) is 0 Å². The monoisotopic (exact) mass is 478 g/mol. The normalized spacial score (nSPS) is 11.1. The Bertz CT molecular complexity index is 1100. The second-order valence-electron chi connectivity index (χ2n) is 9.26. The van der Waals surface area contributed by atoms with Gasteiger partial charge in [-0.05, 0) is 57.0 Å². The number of rotatable bonds is 10. The van der Waals surface area contributed by atoms with E-state index in [1.165, 1.54) is 7.11 Å². The Kier molecular flexibility index (Phi) is 8.58. The molecule has 0 N–H and O–H groups in total. The van der Waals surface area contributed by atoms with Gasteiger partial charge in [-0.1, -0.05) is 30.3 Å². The van der Waals surface area contributed by atoms with Gasteiger partial charge in [0.2, 0.25) is 5.91 Å². The van der Waals surface area contributed by atoms with Crippen molar-refractivity contribution in [2.75, 3.05) is 27.3 Å². The van der Waals surface area contributed by atoms with Crippen molar-refractivity contribution < 1.29 is 23.5 Å². The lowest BCUT2D eigenvalue weighted by Crippen LogP contribution is -2.51. The van der Waals surface area contributed by atoms with E-state index in [4.69, 9.17) is 13.9 Å². The van der Waals surface area contributed by atoms with Gasteiger partial charge in [-0.15, -0.1) is 0 Å². The molecular formula is C28H34N2O5. The van der Waals surface area contributed by atoms with E-state index >= 15 is 0 Å². The Morgan fingerprint density at radius 1 is 0.943 bits per heavy atom. The number of amides is 2. The number of hydrogen-bond donors (Lipinski definition) is 0. The summed E-state index contributed by atoms with van der Waals surface area (Å²) in [5.41, 5.74) is 0.905. The molecular weight excluding hydrogens is 444 g/mol. The minimum absolute atomic E-state index is 0.0764. The molecule has 0 radical (unpaired) electrons. The Hall–Kier alpha value is -3.74. The molecule has 1 aromatic heterocycles. The molecule has 0 aliphatic carbocycles. The maximum absolute atomic E-state index is 13.6. The maximum atomic E-state index is 13.6. The highest BCUT2D eigenvalue weighted by atomic mass is 16.5. The van der Waals surface area contributed by atoms with E-state index in [1.807, 2.05) is 57.2 Å². The second-order valence-corrected chi connectivity index (χ2v) is 9.26. The molecule has 0 spiro atoms. The lowest BCUT2D eigenvalue weighted by atomic mass is 10.0. The molecule has 0 atom stereocenters. The molecule has 1 heterocycles. The van der Waals surface area contributed by atoms with Gasteiger partial charge in [0.25, 0.3) is 5.91 Å². The Balaban J connectivity index is 1.84. The molecule has 0 fully saturated rings. The summed E-state index contributed by atoms with van der Waals surface area (Å²) in [5.74, 6) is 1.23. The highest BCUT2D eigenvalue weighted by Crippen LogP contribution is 2.28. The van der Waals surface area contributed by atoms with Crippen LogP contribution in [0.1, 0.15) is 42.5 Å². The lowest BCUT2D eigenvalue weighted by Gasteiger charge is -2.37. The molecule has 7 nitrogen and oxygen atoms in total. The van der Waals surface area contributed by atoms with Crippen LogP contribution in [0.4, 0.5) is 0 Å². The van der Waals surface area contributed by atoms with Crippen molar-refractivity contribution in [3.63, 3.8) is 0 Å². The molecule has 35 heavy (non-hydrogen) atoms. The van der Waals surface area contributed by atoms with E-state index in [0.717, 1.165) is 5.56 Å². The summed E-state index contributed by atoms with van der Waals surface area (Å²) in [6.07, 6.45) is 2.29. The first kappa shape index (κ1) is 25.9. The molecule has 0 aliphatic heterocycles. The van der Waals surface area contributed by atoms with Crippen LogP contribution in [-0.4, -0.2) is 54.5 Å². The second kappa shape index (κ2) is 11.6. The van der Waals surface area contributed by atoms with Gasteiger partial charge in [0, 0.05) is 18.2 Å². The number of carbonyl (C=O) groups excluding carboxylic acids is 2. The van der Waals surface area contributed by atoms with Gasteiger partial charge in [-0.2, -0.15) is 0 Å². The zero-order valence-corrected chi connectivity index (χ0v) is 21.1. The third-order valence-electron chi connectivity index (χ3n) is 5.78. The lowest BCUT2D eigenvalue weighted by molar-refractivity contribution is -0.133. The van der Waals surface area contributed by atoms with Gasteiger partial charge in [-0.3, -0.25) is 9.59 Å². The van der Waals surface area contributed by atoms with E-state index in [-0.39, 0.29) is 18.4 Å². The fourth-order valence-corrected chi connectivity index (χ4v) is 3.76. The predicted molar refractivity (Wildman–Crippen MR) is 135 cm³/mol. The molecule has 186 valence electrons. The van der Waals surface area contributed by atoms with Gasteiger partial charge in [0.05, 0.1) is 32.6 Å². The molecule has 0 saturated heterocycles. The first-order valence-electron chi connectivity index (χ1n) is 11.6. The number of furan rings is 1. The molecule has 7 heteroatoms. The fraction of sp³-hybridized carbons (Fsp3) is 0.357. The molecule has 2 aromatic carbocycles. The van der Waals surface area contributed by atoms with Crippen molar-refractivity contribution >= 4 is 11.8 Å². The van der Waals surface area contributed by atoms with E-state index in [9.17, 15) is 9.59 Å². The average Bonchev–Trinajstić information content (AvgIpc) is 3.37. The van der Waals surface area contributed by atoms with Crippen LogP contribution in [0.15, 0.2) is 71.3 Å². The van der Waals surface area contributed by atoms with Crippen LogP contribution in [-0.2, 0) is 17.8 Å². The molecule has 0 aliphatic rings. The maximum Gasteiger partial charge on any atom is 0.258 e. The van der Waals surface area contributed by atoms with Crippen LogP contribution >= 0.6 is 0 Å². The van der Waals surface area contributed by atoms with E-state index in [2.05, 4.69) is 0 Å². The van der Waals surface area contributed by atoms with Crippen LogP contribution in [0.5, 0.6) is 11.5 Å². The van der Waals surface area contributed by atoms with Crippen molar-refractivity contribution in [3.8, 4) is 11.5 Å². The molecule has 3 rings (SSSR count). The standard InChI is InChI=1S/C28H34N2O5/c1-28(2,3)30(27(32)24-14-13-22(33-4)18-25(24)34-5)20-26(31)29(19-23-12-9-17-35-23)16-15-21-10-7-6-8-11-21/h6-14,17-18H,15-16,19-20H2,1-5H3. The van der Waals surface area contributed by atoms with Crippen LogP contribution in [0.25, 0.3) is 0 Å². The number of nitrogens with zero attached hydrogens (tertiary/aromatic N) is 2. The summed E-state index contributed by atoms with van der Waals surface area (Å²) in [6.45, 7) is 6.49. The number of hydrogen-bond acceptors (Lipinski definition) is 5. The fourth-order valence-electron chi connectivity index (χ4n) is 3.76. The first-order valence-corrected chi connectivity index (χ1v) is 11.6. The highest BCUT2D eigenvalue weighted by Gasteiger charge is 2.32. The number of carbonyl (C=O) groups is 2. The summed E-state index contributed by atoms with van der Waals surface area (Å²) in [4.78, 5) is 30.5. The predicted octanol–water partition coefficient (Wildman–Crippen LogP) is 4.81. The van der Waals surface area contributed by atoms with E-state index < -0.39 is 5.54 Å². The summed E-state index contributed by atoms with van der Waals surface area (Å²) in [6, 6.07) is 18.7. The quantitative estimate of drug-likeness (QED) is 0.418. The topological polar surface area (TPSA) is 72.2 Å². The highest BCUT2D eigenvalue weighted by molar-refractivity contribution is 5.99. The number of methoxy groups -OCH3 is 2. The molecule has 0 unspecified atom stereocenters.